The molecule has 3 nitrogen and oxygen atoms in total. The molecule has 0 saturated heterocycles. The Morgan fingerprint density at radius 3 is 2.94 bits per heavy atom. The van der Waals surface area contributed by atoms with Gasteiger partial charge in [0, 0.05) is 17.3 Å². The average Bonchev–Trinajstić information content (AvgIpc) is 2.72. The quantitative estimate of drug-likeness (QED) is 0.657. The van der Waals surface area contributed by atoms with Gasteiger partial charge in [-0.15, -0.1) is 6.58 Å². The van der Waals surface area contributed by atoms with Crippen LogP contribution in [-0.4, -0.2) is 15.1 Å². The van der Waals surface area contributed by atoms with Crippen LogP contribution in [0.5, 0.6) is 5.75 Å². The smallest absolute Gasteiger partial charge is 0.147 e. The van der Waals surface area contributed by atoms with E-state index in [9.17, 15) is 5.11 Å². The summed E-state index contributed by atoms with van der Waals surface area (Å²) < 4.78 is 0. The normalized spacial score (nSPS) is 11.1. The first kappa shape index (κ1) is 9.90. The maximum absolute atomic E-state index is 10.2. The first-order valence-electron chi connectivity index (χ1n) is 5.49. The molecule has 84 valence electrons. The van der Waals surface area contributed by atoms with Crippen LogP contribution in [0, 0.1) is 0 Å². The van der Waals surface area contributed by atoms with Crippen molar-refractivity contribution in [2.24, 2.45) is 0 Å². The van der Waals surface area contributed by atoms with Crippen molar-refractivity contribution in [3.63, 3.8) is 0 Å². The van der Waals surface area contributed by atoms with Crippen LogP contribution in [0.2, 0.25) is 0 Å². The molecule has 3 rings (SSSR count). The van der Waals surface area contributed by atoms with E-state index in [1.54, 1.807) is 12.3 Å². The molecule has 3 heteroatoms. The molecule has 0 aliphatic heterocycles. The van der Waals surface area contributed by atoms with E-state index in [0.717, 1.165) is 21.8 Å². The number of nitrogens with one attached hydrogen (secondary N) is 1. The van der Waals surface area contributed by atoms with Crippen molar-refractivity contribution in [2.75, 3.05) is 0 Å². The molecule has 0 saturated carbocycles. The van der Waals surface area contributed by atoms with Gasteiger partial charge in [-0.2, -0.15) is 0 Å². The second kappa shape index (κ2) is 3.63. The van der Waals surface area contributed by atoms with Gasteiger partial charge in [0.05, 0.1) is 22.8 Å². The number of hydrogen-bond acceptors (Lipinski definition) is 2. The minimum absolute atomic E-state index is 0.250. The molecule has 0 unspecified atom stereocenters. The van der Waals surface area contributed by atoms with Crippen LogP contribution in [0.25, 0.3) is 21.8 Å². The Morgan fingerprint density at radius 2 is 2.12 bits per heavy atom. The number of H-pyrrole nitrogens is 1. The highest BCUT2D eigenvalue weighted by Crippen LogP contribution is 2.33. The molecule has 0 fully saturated rings. The van der Waals surface area contributed by atoms with Gasteiger partial charge in [0.1, 0.15) is 5.75 Å². The molecule has 0 aliphatic carbocycles. The lowest BCUT2D eigenvalue weighted by Gasteiger charge is -2.02. The van der Waals surface area contributed by atoms with E-state index in [1.807, 2.05) is 24.3 Å². The highest BCUT2D eigenvalue weighted by molar-refractivity contribution is 6.10. The number of pyridine rings is 1. The van der Waals surface area contributed by atoms with Crippen molar-refractivity contribution in [3.05, 3.63) is 48.8 Å². The zero-order valence-corrected chi connectivity index (χ0v) is 9.27. The van der Waals surface area contributed by atoms with E-state index in [-0.39, 0.29) is 5.75 Å². The number of nitrogens with zero attached hydrogens (tertiary/aromatic N) is 1. The summed E-state index contributed by atoms with van der Waals surface area (Å²) in [5.74, 6) is 0.250. The van der Waals surface area contributed by atoms with Crippen LogP contribution >= 0.6 is 0 Å². The van der Waals surface area contributed by atoms with Crippen LogP contribution in [0.15, 0.2) is 43.1 Å². The zero-order chi connectivity index (χ0) is 11.8. The molecular weight excluding hydrogens is 212 g/mol. The molecule has 3 aromatic rings. The van der Waals surface area contributed by atoms with E-state index in [4.69, 9.17) is 0 Å². The molecule has 2 heterocycles. The predicted molar refractivity (Wildman–Crippen MR) is 69.2 cm³/mol. The molecule has 0 atom stereocenters. The van der Waals surface area contributed by atoms with Gasteiger partial charge in [-0.3, -0.25) is 4.98 Å². The van der Waals surface area contributed by atoms with E-state index in [1.165, 1.54) is 0 Å². The summed E-state index contributed by atoms with van der Waals surface area (Å²) in [6, 6.07) is 7.91. The first-order valence-corrected chi connectivity index (χ1v) is 5.49. The van der Waals surface area contributed by atoms with Crippen LogP contribution in [-0.2, 0) is 6.42 Å². The third-order valence-electron chi connectivity index (χ3n) is 2.93. The lowest BCUT2D eigenvalue weighted by Crippen LogP contribution is -1.88. The van der Waals surface area contributed by atoms with Crippen molar-refractivity contribution < 1.29 is 5.11 Å². The molecule has 17 heavy (non-hydrogen) atoms. The first-order chi connectivity index (χ1) is 8.31. The number of benzene rings is 1. The molecule has 0 aliphatic rings. The number of hydrogen-bond donors (Lipinski definition) is 2. The topological polar surface area (TPSA) is 48.9 Å². The fourth-order valence-electron chi connectivity index (χ4n) is 2.15. The molecule has 1 aromatic carbocycles. The Balaban J connectivity index is 2.44. The average molecular weight is 224 g/mol. The summed E-state index contributed by atoms with van der Waals surface area (Å²) in [5, 5.41) is 12.1. The summed E-state index contributed by atoms with van der Waals surface area (Å²) in [7, 11) is 0. The van der Waals surface area contributed by atoms with Crippen molar-refractivity contribution in [2.45, 2.75) is 6.42 Å². The van der Waals surface area contributed by atoms with Crippen molar-refractivity contribution in [1.29, 1.82) is 0 Å². The highest BCUT2D eigenvalue weighted by Gasteiger charge is 2.11. The predicted octanol–water partition coefficient (Wildman–Crippen LogP) is 3.15. The fraction of sp³-hybridized carbons (Fsp3) is 0.0714. The minimum atomic E-state index is 0.250. The largest absolute Gasteiger partial charge is 0.505 e. The van der Waals surface area contributed by atoms with Crippen molar-refractivity contribution in [1.82, 2.24) is 9.97 Å². The Bertz CT molecular complexity index is 713. The van der Waals surface area contributed by atoms with Crippen molar-refractivity contribution >= 4 is 21.8 Å². The molecule has 0 radical (unpaired) electrons. The second-order valence-corrected chi connectivity index (χ2v) is 4.01. The minimum Gasteiger partial charge on any atom is -0.505 e. The van der Waals surface area contributed by atoms with Crippen molar-refractivity contribution in [3.8, 4) is 5.75 Å². The number of aromatic amines is 1. The Labute approximate surface area is 98.4 Å². The summed E-state index contributed by atoms with van der Waals surface area (Å²) >= 11 is 0. The van der Waals surface area contributed by atoms with Gasteiger partial charge in [-0.25, -0.2) is 0 Å². The van der Waals surface area contributed by atoms with Crippen LogP contribution < -0.4 is 0 Å². The summed E-state index contributed by atoms with van der Waals surface area (Å²) in [6.07, 6.45) is 4.07. The maximum Gasteiger partial charge on any atom is 0.147 e. The number of fused-ring (bicyclic) bond motifs is 3. The van der Waals surface area contributed by atoms with Crippen LogP contribution in [0.3, 0.4) is 0 Å². The molecule has 2 N–H and O–H groups in total. The summed E-state index contributed by atoms with van der Waals surface area (Å²) in [5.41, 5.74) is 2.53. The Morgan fingerprint density at radius 1 is 1.29 bits per heavy atom. The number of para-hydroxylation sites is 1. The van der Waals surface area contributed by atoms with Gasteiger partial charge in [0.25, 0.3) is 0 Å². The molecule has 0 amide bonds. The summed E-state index contributed by atoms with van der Waals surface area (Å²) in [4.78, 5) is 7.48. The standard InChI is InChI=1S/C14H12N2O/c1-2-5-11-14(17)13-9-6-3-4-7-10(9)16-12(13)8-15-11/h2-4,6-8,16-17H,1,5H2. The second-order valence-electron chi connectivity index (χ2n) is 4.01. The number of rotatable bonds is 2. The van der Waals surface area contributed by atoms with Gasteiger partial charge in [0.15, 0.2) is 0 Å². The highest BCUT2D eigenvalue weighted by atomic mass is 16.3. The SMILES string of the molecule is C=CCc1ncc2[nH]c3ccccc3c2c1O. The maximum atomic E-state index is 10.2. The Kier molecular flexibility index (Phi) is 2.11. The fourth-order valence-corrected chi connectivity index (χ4v) is 2.15. The van der Waals surface area contributed by atoms with Gasteiger partial charge < -0.3 is 10.1 Å². The zero-order valence-electron chi connectivity index (χ0n) is 9.27. The van der Waals surface area contributed by atoms with Gasteiger partial charge >= 0.3 is 0 Å². The van der Waals surface area contributed by atoms with Crippen LogP contribution in [0.1, 0.15) is 5.69 Å². The van der Waals surface area contributed by atoms with E-state index in [2.05, 4.69) is 16.5 Å². The third kappa shape index (κ3) is 1.40. The van der Waals surface area contributed by atoms with E-state index >= 15 is 0 Å². The summed E-state index contributed by atoms with van der Waals surface area (Å²) in [6.45, 7) is 3.67. The molecule has 2 aromatic heterocycles. The van der Waals surface area contributed by atoms with E-state index < -0.39 is 0 Å². The van der Waals surface area contributed by atoms with E-state index in [0.29, 0.717) is 12.1 Å². The lowest BCUT2D eigenvalue weighted by atomic mass is 10.1. The van der Waals surface area contributed by atoms with Gasteiger partial charge in [-0.05, 0) is 6.07 Å². The number of allylic oxidation sites excluding steroid dienone is 1. The Hall–Kier alpha value is -2.29. The molecule has 0 bridgehead atoms. The molecule has 0 spiro atoms. The van der Waals surface area contributed by atoms with Gasteiger partial charge in [-0.1, -0.05) is 24.3 Å². The monoisotopic (exact) mass is 224 g/mol. The number of aromatic hydroxyl groups is 1. The third-order valence-corrected chi connectivity index (χ3v) is 2.93. The molecular formula is C14H12N2O. The lowest BCUT2D eigenvalue weighted by molar-refractivity contribution is 0.473. The van der Waals surface area contributed by atoms with Gasteiger partial charge in [0.2, 0.25) is 0 Å². The number of aromatic nitrogens is 2. The van der Waals surface area contributed by atoms with Crippen LogP contribution in [0.4, 0.5) is 0 Å².